The average Bonchev–Trinajstić information content (AvgIpc) is 2.37. The van der Waals surface area contributed by atoms with E-state index in [1.54, 1.807) is 13.8 Å². The Balaban J connectivity index is 3.06. The Hall–Kier alpha value is -1.73. The normalized spacial score (nSPS) is 12.2. The molecule has 1 aromatic rings. The lowest BCUT2D eigenvalue weighted by molar-refractivity contribution is 0.0875. The number of aromatic nitrogens is 2. The van der Waals surface area contributed by atoms with Crippen LogP contribution in [0.3, 0.4) is 0 Å². The summed E-state index contributed by atoms with van der Waals surface area (Å²) in [5.74, 6) is -0.468. The van der Waals surface area contributed by atoms with Crippen molar-refractivity contribution in [2.24, 2.45) is 7.05 Å². The summed E-state index contributed by atoms with van der Waals surface area (Å²) < 4.78 is 6.13. The van der Waals surface area contributed by atoms with Crippen molar-refractivity contribution in [3.8, 4) is 0 Å². The third-order valence-electron chi connectivity index (χ3n) is 3.13. The van der Waals surface area contributed by atoms with Gasteiger partial charge in [0.15, 0.2) is 0 Å². The molecule has 20 heavy (non-hydrogen) atoms. The smallest absolute Gasteiger partial charge is 0.279 e. The van der Waals surface area contributed by atoms with Gasteiger partial charge in [0, 0.05) is 20.8 Å². The van der Waals surface area contributed by atoms with E-state index in [1.165, 1.54) is 14.2 Å². The zero-order valence-corrected chi connectivity index (χ0v) is 12.3. The summed E-state index contributed by atoms with van der Waals surface area (Å²) in [7, 11) is 3.02. The molecule has 1 unspecified atom stereocenters. The first kappa shape index (κ1) is 16.3. The Bertz CT molecular complexity index is 533. The largest absolute Gasteiger partial charge is 0.396 e. The molecule has 1 aromatic heterocycles. The number of nitrogens with zero attached hydrogens (tertiary/aromatic N) is 2. The highest BCUT2D eigenvalue weighted by molar-refractivity contribution is 5.95. The molecular formula is C13H21N3O4. The zero-order valence-electron chi connectivity index (χ0n) is 12.3. The summed E-state index contributed by atoms with van der Waals surface area (Å²) in [5, 5.41) is 15.7. The van der Waals surface area contributed by atoms with E-state index in [2.05, 4.69) is 10.4 Å². The maximum Gasteiger partial charge on any atom is 0.279 e. The van der Waals surface area contributed by atoms with Gasteiger partial charge in [-0.05, 0) is 25.8 Å². The Morgan fingerprint density at radius 3 is 2.70 bits per heavy atom. The van der Waals surface area contributed by atoms with Gasteiger partial charge >= 0.3 is 0 Å². The van der Waals surface area contributed by atoms with Gasteiger partial charge in [-0.15, -0.1) is 0 Å². The van der Waals surface area contributed by atoms with Gasteiger partial charge in [-0.2, -0.15) is 5.10 Å². The molecule has 112 valence electrons. The van der Waals surface area contributed by atoms with Crippen LogP contribution < -0.4 is 10.9 Å². The minimum Gasteiger partial charge on any atom is -0.396 e. The maximum absolute atomic E-state index is 12.3. The van der Waals surface area contributed by atoms with E-state index < -0.39 is 11.5 Å². The number of ether oxygens (including phenoxy) is 1. The molecule has 0 saturated heterocycles. The Morgan fingerprint density at radius 1 is 1.50 bits per heavy atom. The Morgan fingerprint density at radius 2 is 2.15 bits per heavy atom. The number of aliphatic hydroxyl groups excluding tert-OH is 1. The predicted octanol–water partition coefficient (Wildman–Crippen LogP) is -0.476. The summed E-state index contributed by atoms with van der Waals surface area (Å²) in [6, 6.07) is -0.338. The summed E-state index contributed by atoms with van der Waals surface area (Å²) in [6.07, 6.45) is 0.364. The summed E-state index contributed by atoms with van der Waals surface area (Å²) >= 11 is 0. The van der Waals surface area contributed by atoms with E-state index in [4.69, 9.17) is 9.84 Å². The van der Waals surface area contributed by atoms with Crippen LogP contribution in [0.15, 0.2) is 4.79 Å². The lowest BCUT2D eigenvalue weighted by Gasteiger charge is -2.17. The van der Waals surface area contributed by atoms with Crippen LogP contribution in [0.25, 0.3) is 0 Å². The van der Waals surface area contributed by atoms with Gasteiger partial charge in [-0.3, -0.25) is 9.59 Å². The number of aryl methyl sites for hydroxylation is 2. The quantitative estimate of drug-likeness (QED) is 0.736. The van der Waals surface area contributed by atoms with Gasteiger partial charge < -0.3 is 15.2 Å². The maximum atomic E-state index is 12.3. The molecule has 1 amide bonds. The molecule has 7 heteroatoms. The third kappa shape index (κ3) is 3.64. The molecule has 0 fully saturated rings. The predicted molar refractivity (Wildman–Crippen MR) is 73.8 cm³/mol. The number of carbonyl (C=O) groups excluding carboxylic acids is 1. The fourth-order valence-electron chi connectivity index (χ4n) is 1.93. The van der Waals surface area contributed by atoms with Crippen molar-refractivity contribution in [3.63, 3.8) is 0 Å². The molecule has 0 radical (unpaired) electrons. The van der Waals surface area contributed by atoms with Crippen LogP contribution in [0, 0.1) is 13.8 Å². The number of methoxy groups -OCH3 is 1. The summed E-state index contributed by atoms with van der Waals surface area (Å²) in [5.41, 5.74) is 0.832. The molecule has 0 aliphatic rings. The van der Waals surface area contributed by atoms with Crippen LogP contribution in [0.5, 0.6) is 0 Å². The summed E-state index contributed by atoms with van der Waals surface area (Å²) in [6.45, 7) is 3.64. The monoisotopic (exact) mass is 283 g/mol. The van der Waals surface area contributed by atoms with Crippen LogP contribution >= 0.6 is 0 Å². The van der Waals surface area contributed by atoms with Crippen LogP contribution in [0.4, 0.5) is 0 Å². The van der Waals surface area contributed by atoms with Gasteiger partial charge in [-0.25, -0.2) is 4.68 Å². The molecule has 1 atom stereocenters. The number of hydrogen-bond donors (Lipinski definition) is 2. The van der Waals surface area contributed by atoms with E-state index in [0.717, 1.165) is 4.68 Å². The van der Waals surface area contributed by atoms with Crippen molar-refractivity contribution in [3.05, 3.63) is 27.2 Å². The van der Waals surface area contributed by atoms with Crippen molar-refractivity contribution >= 4 is 5.91 Å². The molecule has 1 heterocycles. The van der Waals surface area contributed by atoms with Crippen LogP contribution in [-0.2, 0) is 11.8 Å². The summed E-state index contributed by atoms with van der Waals surface area (Å²) in [4.78, 5) is 24.3. The van der Waals surface area contributed by atoms with Crippen molar-refractivity contribution in [2.45, 2.75) is 26.3 Å². The second-order valence-corrected chi connectivity index (χ2v) is 4.65. The first-order chi connectivity index (χ1) is 9.42. The number of nitrogens with one attached hydrogen (secondary N) is 1. The molecule has 7 nitrogen and oxygen atoms in total. The minimum absolute atomic E-state index is 0.0688. The van der Waals surface area contributed by atoms with Gasteiger partial charge in [0.2, 0.25) is 0 Å². The lowest BCUT2D eigenvalue weighted by atomic mass is 10.1. The molecule has 0 bridgehead atoms. The van der Waals surface area contributed by atoms with Gasteiger partial charge in [0.1, 0.15) is 5.56 Å². The number of carbonyl (C=O) groups is 1. The average molecular weight is 283 g/mol. The molecule has 1 rings (SSSR count). The molecule has 2 N–H and O–H groups in total. The molecule has 0 aromatic carbocycles. The number of rotatable bonds is 6. The van der Waals surface area contributed by atoms with E-state index in [-0.39, 0.29) is 24.8 Å². The van der Waals surface area contributed by atoms with E-state index >= 15 is 0 Å². The standard InChI is InChI=1S/C13H21N3O4/c1-8-9(2)15-16(3)13(19)11(8)12(18)14-10(5-6-17)7-20-4/h10,17H,5-7H2,1-4H3,(H,14,18). The highest BCUT2D eigenvalue weighted by Crippen LogP contribution is 2.06. The van der Waals surface area contributed by atoms with Crippen molar-refractivity contribution in [1.82, 2.24) is 15.1 Å². The number of aliphatic hydroxyl groups is 1. The van der Waals surface area contributed by atoms with Crippen LogP contribution in [-0.4, -0.2) is 47.2 Å². The molecule has 0 saturated carbocycles. The lowest BCUT2D eigenvalue weighted by Crippen LogP contribution is -2.42. The van der Waals surface area contributed by atoms with Crippen LogP contribution in [0.1, 0.15) is 28.0 Å². The minimum atomic E-state index is -0.468. The van der Waals surface area contributed by atoms with Crippen molar-refractivity contribution < 1.29 is 14.6 Å². The fraction of sp³-hybridized carbons (Fsp3) is 0.615. The highest BCUT2D eigenvalue weighted by Gasteiger charge is 2.20. The topological polar surface area (TPSA) is 93.4 Å². The Labute approximate surface area is 117 Å². The molecule has 0 aliphatic heterocycles. The van der Waals surface area contributed by atoms with Gasteiger partial charge in [0.05, 0.1) is 18.3 Å². The van der Waals surface area contributed by atoms with Crippen molar-refractivity contribution in [1.29, 1.82) is 0 Å². The van der Waals surface area contributed by atoms with Gasteiger partial charge in [-0.1, -0.05) is 0 Å². The molecular weight excluding hydrogens is 262 g/mol. The van der Waals surface area contributed by atoms with Crippen molar-refractivity contribution in [2.75, 3.05) is 20.3 Å². The molecule has 0 aliphatic carbocycles. The second-order valence-electron chi connectivity index (χ2n) is 4.65. The highest BCUT2D eigenvalue weighted by atomic mass is 16.5. The zero-order chi connectivity index (χ0) is 15.3. The first-order valence-electron chi connectivity index (χ1n) is 6.37. The van der Waals surface area contributed by atoms with E-state index in [9.17, 15) is 9.59 Å². The van der Waals surface area contributed by atoms with E-state index in [0.29, 0.717) is 17.7 Å². The molecule has 0 spiro atoms. The first-order valence-corrected chi connectivity index (χ1v) is 6.37. The van der Waals surface area contributed by atoms with Gasteiger partial charge in [0.25, 0.3) is 11.5 Å². The SMILES string of the molecule is COCC(CCO)NC(=O)c1c(C)c(C)nn(C)c1=O. The van der Waals surface area contributed by atoms with E-state index in [1.807, 2.05) is 0 Å². The van der Waals surface area contributed by atoms with Crippen LogP contribution in [0.2, 0.25) is 0 Å². The number of hydrogen-bond acceptors (Lipinski definition) is 5. The fourth-order valence-corrected chi connectivity index (χ4v) is 1.93. The third-order valence-corrected chi connectivity index (χ3v) is 3.13. The number of amides is 1. The Kier molecular flexibility index (Phi) is 5.84. The second kappa shape index (κ2) is 7.16.